The summed E-state index contributed by atoms with van der Waals surface area (Å²) in [4.78, 5) is 52.6. The fourth-order valence-electron chi connectivity index (χ4n) is 4.62. The molecule has 282 valence electrons. The van der Waals surface area contributed by atoms with E-state index in [1.165, 1.54) is 51.4 Å². The van der Waals surface area contributed by atoms with E-state index in [0.29, 0.717) is 44.8 Å². The minimum Gasteiger partial charge on any atom is -0.444 e. The SMILES string of the molecule is CCCCCCCCCCCCSC[C@H](NC(=O)OC(C)(C)C)C(=O)N(CCCNC(=O)OC(C)(C)C)CCCNC(=O)OC(C)(C)C. The molecule has 0 aromatic carbocycles. The van der Waals surface area contributed by atoms with Gasteiger partial charge in [0.25, 0.3) is 0 Å². The van der Waals surface area contributed by atoms with Gasteiger partial charge in [-0.3, -0.25) is 4.79 Å². The lowest BCUT2D eigenvalue weighted by Crippen LogP contribution is -2.52. The van der Waals surface area contributed by atoms with Crippen LogP contribution in [0, 0.1) is 0 Å². The number of carbonyl (C=O) groups is 4. The van der Waals surface area contributed by atoms with E-state index in [9.17, 15) is 19.2 Å². The van der Waals surface area contributed by atoms with E-state index in [-0.39, 0.29) is 5.91 Å². The molecule has 0 radical (unpaired) electrons. The van der Waals surface area contributed by atoms with Crippen LogP contribution in [0.15, 0.2) is 0 Å². The third-order valence-corrected chi connectivity index (χ3v) is 7.92. The molecule has 0 aromatic rings. The summed E-state index contributed by atoms with van der Waals surface area (Å²) in [7, 11) is 0. The molecule has 0 fully saturated rings. The number of hydrogen-bond donors (Lipinski definition) is 3. The standard InChI is InChI=1S/C36H70N4O7S/c1-11-12-13-14-15-16-17-18-19-20-27-48-28-29(39-33(44)47-36(8,9)10)30(41)40(25-21-23-37-31(42)45-34(2,3)4)26-22-24-38-32(43)46-35(5,6)7/h29H,11-28H2,1-10H3,(H,37,42)(H,38,43)(H,39,44)/t29-/m0/s1. The van der Waals surface area contributed by atoms with E-state index in [1.807, 2.05) is 0 Å². The fourth-order valence-corrected chi connectivity index (χ4v) is 5.66. The summed E-state index contributed by atoms with van der Waals surface area (Å²) in [6.45, 7) is 19.7. The Kier molecular flexibility index (Phi) is 23.5. The molecule has 0 aliphatic heterocycles. The van der Waals surface area contributed by atoms with Crippen LogP contribution in [-0.2, 0) is 19.0 Å². The van der Waals surface area contributed by atoms with Crippen molar-refractivity contribution in [1.29, 1.82) is 0 Å². The van der Waals surface area contributed by atoms with Gasteiger partial charge in [0.1, 0.15) is 22.8 Å². The van der Waals surface area contributed by atoms with Crippen molar-refractivity contribution >= 4 is 35.9 Å². The molecule has 0 spiro atoms. The first-order valence-electron chi connectivity index (χ1n) is 18.1. The number of amides is 4. The lowest BCUT2D eigenvalue weighted by molar-refractivity contribution is -0.133. The third-order valence-electron chi connectivity index (χ3n) is 6.77. The van der Waals surface area contributed by atoms with Crippen molar-refractivity contribution in [3.63, 3.8) is 0 Å². The summed E-state index contributed by atoms with van der Waals surface area (Å²) < 4.78 is 16.1. The fraction of sp³-hybridized carbons (Fsp3) is 0.889. The van der Waals surface area contributed by atoms with Crippen LogP contribution in [0.4, 0.5) is 14.4 Å². The van der Waals surface area contributed by atoms with Crippen molar-refractivity contribution in [3.8, 4) is 0 Å². The maximum absolute atomic E-state index is 13.9. The number of nitrogens with zero attached hydrogens (tertiary/aromatic N) is 1. The van der Waals surface area contributed by atoms with Gasteiger partial charge in [0.2, 0.25) is 5.91 Å². The van der Waals surface area contributed by atoms with Gasteiger partial charge in [-0.25, -0.2) is 14.4 Å². The molecule has 0 aliphatic rings. The molecule has 0 saturated heterocycles. The van der Waals surface area contributed by atoms with Gasteiger partial charge in [-0.15, -0.1) is 0 Å². The minimum absolute atomic E-state index is 0.231. The lowest BCUT2D eigenvalue weighted by Gasteiger charge is -2.29. The van der Waals surface area contributed by atoms with Crippen LogP contribution in [0.2, 0.25) is 0 Å². The molecule has 0 saturated carbocycles. The molecule has 0 rings (SSSR count). The first-order chi connectivity index (χ1) is 22.3. The number of hydrogen-bond acceptors (Lipinski definition) is 8. The van der Waals surface area contributed by atoms with Crippen LogP contribution in [0.3, 0.4) is 0 Å². The van der Waals surface area contributed by atoms with Crippen LogP contribution in [-0.4, -0.2) is 89.6 Å². The van der Waals surface area contributed by atoms with Gasteiger partial charge in [0.15, 0.2) is 0 Å². The third kappa shape index (κ3) is 28.6. The second kappa shape index (κ2) is 24.7. The highest BCUT2D eigenvalue weighted by molar-refractivity contribution is 7.99. The first-order valence-corrected chi connectivity index (χ1v) is 19.3. The minimum atomic E-state index is -0.786. The van der Waals surface area contributed by atoms with Crippen molar-refractivity contribution in [2.45, 2.75) is 169 Å². The van der Waals surface area contributed by atoms with Gasteiger partial charge >= 0.3 is 18.3 Å². The molecule has 0 unspecified atom stereocenters. The van der Waals surface area contributed by atoms with Gasteiger partial charge in [0.05, 0.1) is 0 Å². The highest BCUT2D eigenvalue weighted by Gasteiger charge is 2.28. The number of alkyl carbamates (subject to hydrolysis) is 3. The van der Waals surface area contributed by atoms with E-state index in [0.717, 1.165) is 18.6 Å². The van der Waals surface area contributed by atoms with Gasteiger partial charge in [0, 0.05) is 31.9 Å². The largest absolute Gasteiger partial charge is 0.444 e. The summed E-state index contributed by atoms with van der Waals surface area (Å²) in [6.07, 6.45) is 11.9. The second-order valence-electron chi connectivity index (χ2n) is 15.3. The van der Waals surface area contributed by atoms with Crippen molar-refractivity contribution in [2.75, 3.05) is 37.7 Å². The summed E-state index contributed by atoms with van der Waals surface area (Å²) in [5.74, 6) is 1.08. The maximum atomic E-state index is 13.9. The molecule has 1 atom stereocenters. The summed E-state index contributed by atoms with van der Waals surface area (Å²) in [5.41, 5.74) is -1.93. The molecule has 48 heavy (non-hydrogen) atoms. The van der Waals surface area contributed by atoms with E-state index in [2.05, 4.69) is 22.9 Å². The molecule has 0 aromatic heterocycles. The highest BCUT2D eigenvalue weighted by atomic mass is 32.2. The van der Waals surface area contributed by atoms with Gasteiger partial charge < -0.3 is 35.1 Å². The quantitative estimate of drug-likeness (QED) is 0.0717. The summed E-state index contributed by atoms with van der Waals surface area (Å²) in [5, 5.41) is 8.28. The normalized spacial score (nSPS) is 12.5. The Hall–Kier alpha value is -2.37. The number of nitrogens with one attached hydrogen (secondary N) is 3. The Labute approximate surface area is 296 Å². The van der Waals surface area contributed by atoms with E-state index < -0.39 is 41.1 Å². The van der Waals surface area contributed by atoms with Gasteiger partial charge in [-0.1, -0.05) is 64.7 Å². The van der Waals surface area contributed by atoms with Crippen LogP contribution in [0.25, 0.3) is 0 Å². The highest BCUT2D eigenvalue weighted by Crippen LogP contribution is 2.15. The number of carbonyl (C=O) groups excluding carboxylic acids is 4. The Morgan fingerprint density at radius 3 is 1.40 bits per heavy atom. The number of thioether (sulfide) groups is 1. The predicted octanol–water partition coefficient (Wildman–Crippen LogP) is 8.19. The molecule has 11 nitrogen and oxygen atoms in total. The molecule has 0 bridgehead atoms. The number of rotatable bonds is 23. The van der Waals surface area contributed by atoms with E-state index >= 15 is 0 Å². The lowest BCUT2D eigenvalue weighted by atomic mass is 10.1. The van der Waals surface area contributed by atoms with Crippen LogP contribution in [0.5, 0.6) is 0 Å². The molecule has 4 amide bonds. The summed E-state index contributed by atoms with van der Waals surface area (Å²) >= 11 is 1.65. The smallest absolute Gasteiger partial charge is 0.408 e. The number of unbranched alkanes of at least 4 members (excludes halogenated alkanes) is 9. The molecule has 0 aliphatic carbocycles. The summed E-state index contributed by atoms with van der Waals surface area (Å²) in [6, 6.07) is -0.786. The Morgan fingerprint density at radius 1 is 0.583 bits per heavy atom. The topological polar surface area (TPSA) is 135 Å². The van der Waals surface area contributed by atoms with Crippen LogP contribution < -0.4 is 16.0 Å². The average Bonchev–Trinajstić information content (AvgIpc) is 2.93. The first kappa shape index (κ1) is 45.6. The van der Waals surface area contributed by atoms with Crippen LogP contribution in [0.1, 0.15) is 146 Å². The van der Waals surface area contributed by atoms with Crippen molar-refractivity contribution < 1.29 is 33.4 Å². The number of ether oxygens (including phenoxy) is 3. The zero-order valence-electron chi connectivity index (χ0n) is 32.0. The molecule has 0 heterocycles. The molecule has 3 N–H and O–H groups in total. The van der Waals surface area contributed by atoms with Gasteiger partial charge in [-0.05, 0) is 87.3 Å². The van der Waals surface area contributed by atoms with Crippen LogP contribution >= 0.6 is 11.8 Å². The van der Waals surface area contributed by atoms with Crippen molar-refractivity contribution in [1.82, 2.24) is 20.9 Å². The molecular weight excluding hydrogens is 632 g/mol. The van der Waals surface area contributed by atoms with E-state index in [1.54, 1.807) is 79.0 Å². The predicted molar refractivity (Wildman–Crippen MR) is 197 cm³/mol. The molecular formula is C36H70N4O7S. The maximum Gasteiger partial charge on any atom is 0.408 e. The Balaban J connectivity index is 5.27. The second-order valence-corrected chi connectivity index (χ2v) is 16.5. The van der Waals surface area contributed by atoms with Gasteiger partial charge in [-0.2, -0.15) is 11.8 Å². The zero-order chi connectivity index (χ0) is 36.6. The van der Waals surface area contributed by atoms with Crippen molar-refractivity contribution in [3.05, 3.63) is 0 Å². The zero-order valence-corrected chi connectivity index (χ0v) is 32.8. The monoisotopic (exact) mass is 702 g/mol. The Morgan fingerprint density at radius 2 is 0.979 bits per heavy atom. The average molecular weight is 703 g/mol. The van der Waals surface area contributed by atoms with Crippen molar-refractivity contribution in [2.24, 2.45) is 0 Å². The Bertz CT molecular complexity index is 877. The van der Waals surface area contributed by atoms with E-state index in [4.69, 9.17) is 14.2 Å². The molecule has 12 heteroatoms.